The molecule has 1 aromatic heterocycles. The molecule has 1 N–H and O–H groups in total. The molecule has 0 aliphatic rings. The van der Waals surface area contributed by atoms with Crippen molar-refractivity contribution in [3.05, 3.63) is 35.6 Å². The average molecular weight is 337 g/mol. The van der Waals surface area contributed by atoms with Crippen LogP contribution in [0, 0.1) is 0 Å². The minimum absolute atomic E-state index is 0.00122. The second-order valence-electron chi connectivity index (χ2n) is 4.88. The summed E-state index contributed by atoms with van der Waals surface area (Å²) in [6.07, 6.45) is 2.10. The van der Waals surface area contributed by atoms with Crippen molar-refractivity contribution < 1.29 is 9.59 Å². The maximum atomic E-state index is 12.2. The lowest BCUT2D eigenvalue weighted by Gasteiger charge is -2.21. The van der Waals surface area contributed by atoms with Crippen molar-refractivity contribution in [2.45, 2.75) is 19.9 Å². The third-order valence-electron chi connectivity index (χ3n) is 3.00. The summed E-state index contributed by atoms with van der Waals surface area (Å²) in [6.45, 7) is 2.39. The number of hydrogen-bond acceptors (Lipinski definition) is 5. The largest absolute Gasteiger partial charge is 0.332 e. The predicted octanol–water partition coefficient (Wildman–Crippen LogP) is 1.20. The van der Waals surface area contributed by atoms with Crippen LogP contribution in [0.2, 0.25) is 5.02 Å². The topological polar surface area (TPSA) is 93.0 Å². The highest BCUT2D eigenvalue weighted by atomic mass is 35.5. The summed E-state index contributed by atoms with van der Waals surface area (Å²) in [7, 11) is 0. The molecule has 0 aliphatic heterocycles. The van der Waals surface area contributed by atoms with E-state index in [-0.39, 0.29) is 24.9 Å². The van der Waals surface area contributed by atoms with Gasteiger partial charge in [-0.3, -0.25) is 9.59 Å². The molecule has 0 spiro atoms. The zero-order chi connectivity index (χ0) is 16.7. The molecule has 0 saturated heterocycles. The Morgan fingerprint density at radius 3 is 2.65 bits per heavy atom. The van der Waals surface area contributed by atoms with Gasteiger partial charge in [0.25, 0.3) is 0 Å². The first-order chi connectivity index (χ1) is 11.1. The van der Waals surface area contributed by atoms with E-state index in [9.17, 15) is 9.59 Å². The molecule has 0 atom stereocenters. The van der Waals surface area contributed by atoms with Gasteiger partial charge in [0.1, 0.15) is 12.9 Å². The summed E-state index contributed by atoms with van der Waals surface area (Å²) in [5.41, 5.74) is 0.628. The van der Waals surface area contributed by atoms with Gasteiger partial charge in [-0.05, 0) is 41.1 Å². The number of hydrogen-bond donors (Lipinski definition) is 1. The van der Waals surface area contributed by atoms with Gasteiger partial charge in [0, 0.05) is 17.3 Å². The van der Waals surface area contributed by atoms with E-state index in [1.165, 1.54) is 15.9 Å². The number of aromatic nitrogens is 4. The standard InChI is InChI=1S/C14H17ClN6O2/c1-2-7-20(14(23)9-21-10-16-18-19-21)8-13(22)17-12-5-3-11(15)4-6-12/h3-6,10H,2,7-9H2,1H3,(H,17,22). The number of nitrogens with one attached hydrogen (secondary N) is 1. The van der Waals surface area contributed by atoms with Crippen LogP contribution in [0.1, 0.15) is 13.3 Å². The first-order valence-electron chi connectivity index (χ1n) is 7.12. The van der Waals surface area contributed by atoms with E-state index in [4.69, 9.17) is 11.6 Å². The van der Waals surface area contributed by atoms with Crippen LogP contribution < -0.4 is 5.32 Å². The Kier molecular flexibility index (Phi) is 6.04. The second kappa shape index (κ2) is 8.23. The quantitative estimate of drug-likeness (QED) is 0.820. The normalized spacial score (nSPS) is 10.3. The number of carbonyl (C=O) groups excluding carboxylic acids is 2. The highest BCUT2D eigenvalue weighted by Crippen LogP contribution is 2.13. The highest BCUT2D eigenvalue weighted by molar-refractivity contribution is 6.30. The van der Waals surface area contributed by atoms with Gasteiger partial charge in [0.15, 0.2) is 0 Å². The maximum absolute atomic E-state index is 12.2. The van der Waals surface area contributed by atoms with Gasteiger partial charge in [-0.15, -0.1) is 5.10 Å². The molecule has 2 amide bonds. The number of carbonyl (C=O) groups is 2. The first kappa shape index (κ1) is 16.9. The minimum Gasteiger partial charge on any atom is -0.332 e. The molecule has 0 bridgehead atoms. The van der Waals surface area contributed by atoms with Gasteiger partial charge in [0.05, 0.1) is 6.54 Å². The van der Waals surface area contributed by atoms with Crippen LogP contribution in [-0.2, 0) is 16.1 Å². The van der Waals surface area contributed by atoms with E-state index >= 15 is 0 Å². The Labute approximate surface area is 138 Å². The molecule has 0 saturated carbocycles. The van der Waals surface area contributed by atoms with Crippen LogP contribution in [0.4, 0.5) is 5.69 Å². The SMILES string of the molecule is CCCN(CC(=O)Nc1ccc(Cl)cc1)C(=O)Cn1cnnn1. The number of amides is 2. The lowest BCUT2D eigenvalue weighted by atomic mass is 10.3. The van der Waals surface area contributed by atoms with E-state index < -0.39 is 0 Å². The van der Waals surface area contributed by atoms with Crippen LogP contribution >= 0.6 is 11.6 Å². The van der Waals surface area contributed by atoms with Crippen LogP contribution in [0.25, 0.3) is 0 Å². The van der Waals surface area contributed by atoms with Crippen molar-refractivity contribution in [2.24, 2.45) is 0 Å². The molecule has 0 unspecified atom stereocenters. The van der Waals surface area contributed by atoms with Gasteiger partial charge in [-0.1, -0.05) is 18.5 Å². The summed E-state index contributed by atoms with van der Waals surface area (Å²) < 4.78 is 1.32. The number of anilines is 1. The van der Waals surface area contributed by atoms with E-state index in [1.54, 1.807) is 24.3 Å². The molecule has 1 heterocycles. The third kappa shape index (κ3) is 5.33. The molecule has 1 aromatic carbocycles. The van der Waals surface area contributed by atoms with Crippen molar-refractivity contribution in [1.29, 1.82) is 0 Å². The van der Waals surface area contributed by atoms with Gasteiger partial charge in [-0.25, -0.2) is 4.68 Å². The third-order valence-corrected chi connectivity index (χ3v) is 3.25. The highest BCUT2D eigenvalue weighted by Gasteiger charge is 2.17. The zero-order valence-corrected chi connectivity index (χ0v) is 13.4. The fourth-order valence-electron chi connectivity index (χ4n) is 1.96. The fourth-order valence-corrected chi connectivity index (χ4v) is 2.09. The molecule has 9 heteroatoms. The molecule has 23 heavy (non-hydrogen) atoms. The van der Waals surface area contributed by atoms with Gasteiger partial charge >= 0.3 is 0 Å². The van der Waals surface area contributed by atoms with E-state index in [2.05, 4.69) is 20.8 Å². The molecule has 2 aromatic rings. The lowest BCUT2D eigenvalue weighted by Crippen LogP contribution is -2.40. The number of rotatable bonds is 7. The van der Waals surface area contributed by atoms with Gasteiger partial charge in [0.2, 0.25) is 11.8 Å². The minimum atomic E-state index is -0.272. The molecule has 2 rings (SSSR count). The molecule has 122 valence electrons. The molecule has 0 aliphatic carbocycles. The lowest BCUT2D eigenvalue weighted by molar-refractivity contribution is -0.135. The molecule has 8 nitrogen and oxygen atoms in total. The second-order valence-corrected chi connectivity index (χ2v) is 5.31. The maximum Gasteiger partial charge on any atom is 0.244 e. The van der Waals surface area contributed by atoms with E-state index in [0.717, 1.165) is 6.42 Å². The van der Waals surface area contributed by atoms with Gasteiger partial charge < -0.3 is 10.2 Å². The summed E-state index contributed by atoms with van der Waals surface area (Å²) in [5, 5.41) is 13.9. The van der Waals surface area contributed by atoms with Crippen molar-refractivity contribution in [1.82, 2.24) is 25.1 Å². The van der Waals surface area contributed by atoms with E-state index in [1.807, 2.05) is 6.92 Å². The number of tetrazole rings is 1. The molecular weight excluding hydrogens is 320 g/mol. The summed E-state index contributed by atoms with van der Waals surface area (Å²) in [5.74, 6) is -0.490. The summed E-state index contributed by atoms with van der Waals surface area (Å²) in [6, 6.07) is 6.77. The van der Waals surface area contributed by atoms with Gasteiger partial charge in [-0.2, -0.15) is 0 Å². The Bertz CT molecular complexity index is 644. The van der Waals surface area contributed by atoms with Crippen LogP contribution in [0.5, 0.6) is 0 Å². The fraction of sp³-hybridized carbons (Fsp3) is 0.357. The number of halogens is 1. The molecule has 0 radical (unpaired) electrons. The Hall–Kier alpha value is -2.48. The summed E-state index contributed by atoms with van der Waals surface area (Å²) >= 11 is 5.80. The Balaban J connectivity index is 1.93. The summed E-state index contributed by atoms with van der Waals surface area (Å²) in [4.78, 5) is 25.8. The van der Waals surface area contributed by atoms with Crippen molar-refractivity contribution in [3.63, 3.8) is 0 Å². The van der Waals surface area contributed by atoms with Crippen LogP contribution in [-0.4, -0.2) is 50.0 Å². The van der Waals surface area contributed by atoms with Crippen molar-refractivity contribution in [2.75, 3.05) is 18.4 Å². The first-order valence-corrected chi connectivity index (χ1v) is 7.50. The van der Waals surface area contributed by atoms with E-state index in [0.29, 0.717) is 17.3 Å². The van der Waals surface area contributed by atoms with Crippen molar-refractivity contribution >= 4 is 29.1 Å². The van der Waals surface area contributed by atoms with Crippen molar-refractivity contribution in [3.8, 4) is 0 Å². The van der Waals surface area contributed by atoms with Crippen LogP contribution in [0.15, 0.2) is 30.6 Å². The zero-order valence-electron chi connectivity index (χ0n) is 12.6. The number of nitrogens with zero attached hydrogens (tertiary/aromatic N) is 5. The van der Waals surface area contributed by atoms with Crippen LogP contribution in [0.3, 0.4) is 0 Å². The monoisotopic (exact) mass is 336 g/mol. The Morgan fingerprint density at radius 1 is 1.30 bits per heavy atom. The average Bonchev–Trinajstić information content (AvgIpc) is 3.02. The smallest absolute Gasteiger partial charge is 0.244 e. The number of benzene rings is 1. The molecular formula is C14H17ClN6O2. The molecule has 0 fully saturated rings. The Morgan fingerprint density at radius 2 is 2.04 bits per heavy atom. The predicted molar refractivity (Wildman–Crippen MR) is 84.8 cm³/mol.